The number of likely N-dealkylation sites (tertiary alicyclic amines) is 1. The van der Waals surface area contributed by atoms with Crippen molar-refractivity contribution in [2.75, 3.05) is 26.3 Å². The number of halogens is 3. The molecule has 2 aromatic carbocycles. The number of aromatic nitrogens is 2. The Labute approximate surface area is 357 Å². The summed E-state index contributed by atoms with van der Waals surface area (Å²) >= 11 is 0. The number of hydrogen-bond donors (Lipinski definition) is 2. The van der Waals surface area contributed by atoms with E-state index in [4.69, 9.17) is 9.47 Å². The van der Waals surface area contributed by atoms with Gasteiger partial charge in [-0.1, -0.05) is 72.3 Å². The minimum Gasteiger partial charge on any atom is -0.444 e. The van der Waals surface area contributed by atoms with Crippen LogP contribution in [0, 0.1) is 19.8 Å². The molecule has 330 valence electrons. The highest BCUT2D eigenvalue weighted by Crippen LogP contribution is 2.32. The van der Waals surface area contributed by atoms with Crippen LogP contribution in [0.1, 0.15) is 106 Å². The maximum Gasteiger partial charge on any atom is 0.416 e. The van der Waals surface area contributed by atoms with E-state index in [0.29, 0.717) is 56.0 Å². The van der Waals surface area contributed by atoms with E-state index in [9.17, 15) is 32.3 Å². The van der Waals surface area contributed by atoms with E-state index in [1.165, 1.54) is 18.5 Å². The van der Waals surface area contributed by atoms with Crippen LogP contribution in [-0.4, -0.2) is 81.6 Å². The first-order valence-corrected chi connectivity index (χ1v) is 20.5. The van der Waals surface area contributed by atoms with Gasteiger partial charge in [-0.2, -0.15) is 13.2 Å². The minimum atomic E-state index is -4.45. The molecular weight excluding hydrogens is 788 g/mol. The van der Waals surface area contributed by atoms with E-state index in [-0.39, 0.29) is 29.6 Å². The van der Waals surface area contributed by atoms with E-state index in [1.54, 1.807) is 57.2 Å². The molecule has 1 aromatic heterocycles. The monoisotopic (exact) mass is 847 g/mol. The Kier molecular flexibility index (Phi) is 16.5. The summed E-state index contributed by atoms with van der Waals surface area (Å²) in [7, 11) is 0. The summed E-state index contributed by atoms with van der Waals surface area (Å²) in [5.41, 5.74) is 2.30. The minimum absolute atomic E-state index is 0.0802. The molecule has 0 bridgehead atoms. The summed E-state index contributed by atoms with van der Waals surface area (Å²) in [6.45, 7) is 19.7. The molecule has 2 unspecified atom stereocenters. The second-order valence-electron chi connectivity index (χ2n) is 17.2. The van der Waals surface area contributed by atoms with Crippen LogP contribution in [0.4, 0.5) is 18.0 Å². The number of imidazole rings is 1. The largest absolute Gasteiger partial charge is 0.444 e. The zero-order chi connectivity index (χ0) is 45.1. The number of carbonyl (C=O) groups is 4. The zero-order valence-corrected chi connectivity index (χ0v) is 36.5. The molecule has 11 nitrogen and oxygen atoms in total. The van der Waals surface area contributed by atoms with Gasteiger partial charge in [0.1, 0.15) is 17.2 Å². The summed E-state index contributed by atoms with van der Waals surface area (Å²) in [5, 5.41) is 5.49. The molecule has 2 atom stereocenters. The second-order valence-corrected chi connectivity index (χ2v) is 17.2. The topological polar surface area (TPSA) is 132 Å². The predicted octanol–water partition coefficient (Wildman–Crippen LogP) is 8.87. The molecule has 3 aromatic rings. The average Bonchev–Trinajstić information content (AvgIpc) is 3.62. The van der Waals surface area contributed by atoms with Crippen LogP contribution >= 0.6 is 0 Å². The third kappa shape index (κ3) is 14.6. The van der Waals surface area contributed by atoms with Crippen molar-refractivity contribution < 1.29 is 41.8 Å². The van der Waals surface area contributed by atoms with Gasteiger partial charge in [-0.15, -0.1) is 0 Å². The normalized spacial score (nSPS) is 15.7. The first-order valence-electron chi connectivity index (χ1n) is 20.5. The SMILES string of the molecule is C=C(C)C(COCC1=CCCC=C1)NC(=O)C(C)(C)NC(=O)OC(C)(C)C.Cc1ccc(C(=O)C2CCN(C(=O)C(c3ccc(C(F)(F)F)cc3)n3cnc(C)c3)CC2)cc1. The smallest absolute Gasteiger partial charge is 0.416 e. The molecule has 2 aliphatic rings. The van der Waals surface area contributed by atoms with Crippen LogP contribution in [-0.2, 0) is 25.2 Å². The molecule has 1 aliphatic heterocycles. The number of benzene rings is 2. The lowest BCUT2D eigenvalue weighted by Crippen LogP contribution is -2.58. The number of piperidine rings is 1. The van der Waals surface area contributed by atoms with Crippen molar-refractivity contribution in [3.8, 4) is 0 Å². The highest BCUT2D eigenvalue weighted by atomic mass is 19.4. The van der Waals surface area contributed by atoms with Crippen LogP contribution in [0.25, 0.3) is 0 Å². The van der Waals surface area contributed by atoms with Gasteiger partial charge in [0.2, 0.25) is 11.8 Å². The lowest BCUT2D eigenvalue weighted by atomic mass is 9.88. The number of ketones is 1. The maximum absolute atomic E-state index is 13.5. The fraction of sp³-hybridized carbons (Fsp3) is 0.468. The fourth-order valence-electron chi connectivity index (χ4n) is 6.70. The fourth-order valence-corrected chi connectivity index (χ4v) is 6.70. The third-order valence-corrected chi connectivity index (χ3v) is 10.2. The molecule has 1 saturated heterocycles. The molecule has 0 saturated carbocycles. The molecule has 2 N–H and O–H groups in total. The van der Waals surface area contributed by atoms with Crippen LogP contribution < -0.4 is 10.6 Å². The molecule has 3 amide bonds. The number of amides is 3. The molecular formula is C47H60F3N5O6. The Morgan fingerprint density at radius 3 is 2.10 bits per heavy atom. The summed E-state index contributed by atoms with van der Waals surface area (Å²) < 4.78 is 51.7. The lowest BCUT2D eigenvalue weighted by Gasteiger charge is -2.34. The van der Waals surface area contributed by atoms with Crippen molar-refractivity contribution in [1.29, 1.82) is 0 Å². The van der Waals surface area contributed by atoms with Crippen molar-refractivity contribution in [3.63, 3.8) is 0 Å². The number of rotatable bonds is 13. The number of Topliss-reactive ketones (excluding diaryl/α,β-unsaturated/α-hetero) is 1. The predicted molar refractivity (Wildman–Crippen MR) is 229 cm³/mol. The quantitative estimate of drug-likeness (QED) is 0.130. The van der Waals surface area contributed by atoms with E-state index >= 15 is 0 Å². The van der Waals surface area contributed by atoms with Gasteiger partial charge in [0, 0.05) is 30.8 Å². The molecule has 61 heavy (non-hydrogen) atoms. The Hall–Kier alpha value is -5.50. The van der Waals surface area contributed by atoms with Gasteiger partial charge in [-0.05, 0) is 104 Å². The Bertz CT molecular complexity index is 2050. The number of ether oxygens (including phenoxy) is 2. The first kappa shape index (κ1) is 48.2. The Morgan fingerprint density at radius 2 is 1.57 bits per heavy atom. The number of carbonyl (C=O) groups excluding carboxylic acids is 4. The summed E-state index contributed by atoms with van der Waals surface area (Å²) in [5.74, 6) is -0.636. The van der Waals surface area contributed by atoms with Crippen LogP contribution in [0.15, 0.2) is 97.0 Å². The molecule has 1 fully saturated rings. The second kappa shape index (κ2) is 20.8. The van der Waals surface area contributed by atoms with E-state index in [0.717, 1.165) is 41.7 Å². The summed E-state index contributed by atoms with van der Waals surface area (Å²) in [6, 6.07) is 11.0. The number of nitrogens with one attached hydrogen (secondary N) is 2. The standard InChI is InChI=1S/C26H26F3N3O2.C21H34N2O4/c1-17-3-5-20(6-4-17)24(33)21-11-13-31(14-12-21)25(34)23(32-15-18(2)30-16-32)19-7-9-22(10-8-19)26(27,28)29;1-15(2)17(14-26-13-16-11-9-8-10-12-16)22-18(24)21(6,7)23-19(25)27-20(3,4)5/h3-10,15-16,21,23H,11-14H2,1-2H3;9,11-12,17H,1,8,10,13-14H2,2-7H3,(H,22,24)(H,23,25). The average molecular weight is 848 g/mol. The number of hydrogen-bond acceptors (Lipinski definition) is 7. The van der Waals surface area contributed by atoms with E-state index in [1.807, 2.05) is 38.1 Å². The van der Waals surface area contributed by atoms with E-state index < -0.39 is 35.0 Å². The first-order chi connectivity index (χ1) is 28.5. The van der Waals surface area contributed by atoms with Crippen molar-refractivity contribution in [2.24, 2.45) is 5.92 Å². The van der Waals surface area contributed by atoms with Crippen molar-refractivity contribution in [1.82, 2.24) is 25.1 Å². The van der Waals surface area contributed by atoms with E-state index in [2.05, 4.69) is 40.4 Å². The zero-order valence-electron chi connectivity index (χ0n) is 36.5. The number of alkyl halides is 3. The highest BCUT2D eigenvalue weighted by molar-refractivity contribution is 5.98. The Balaban J connectivity index is 0.000000277. The molecule has 0 spiro atoms. The van der Waals surface area contributed by atoms with Crippen LogP contribution in [0.5, 0.6) is 0 Å². The number of allylic oxidation sites excluding steroid dienone is 2. The number of alkyl carbamates (subject to hydrolysis) is 1. The summed E-state index contributed by atoms with van der Waals surface area (Å²) in [4.78, 5) is 56.9. The molecule has 2 heterocycles. The maximum atomic E-state index is 13.5. The van der Waals surface area contributed by atoms with Crippen molar-refractivity contribution in [3.05, 3.63) is 125 Å². The Morgan fingerprint density at radius 1 is 0.934 bits per heavy atom. The molecule has 0 radical (unpaired) electrons. The third-order valence-electron chi connectivity index (χ3n) is 10.2. The van der Waals surface area contributed by atoms with Crippen LogP contribution in [0.2, 0.25) is 0 Å². The molecule has 5 rings (SSSR count). The molecule has 14 heteroatoms. The van der Waals surface area contributed by atoms with Gasteiger partial charge in [0.15, 0.2) is 5.78 Å². The van der Waals surface area contributed by atoms with Crippen molar-refractivity contribution >= 4 is 23.7 Å². The summed E-state index contributed by atoms with van der Waals surface area (Å²) in [6.07, 6.45) is 7.65. The van der Waals surface area contributed by atoms with Gasteiger partial charge in [-0.3, -0.25) is 14.4 Å². The van der Waals surface area contributed by atoms with Gasteiger partial charge in [0.05, 0.1) is 36.8 Å². The van der Waals surface area contributed by atoms with Gasteiger partial charge in [-0.25, -0.2) is 9.78 Å². The van der Waals surface area contributed by atoms with Crippen molar-refractivity contribution in [2.45, 2.75) is 110 Å². The van der Waals surface area contributed by atoms with Crippen LogP contribution in [0.3, 0.4) is 0 Å². The highest BCUT2D eigenvalue weighted by Gasteiger charge is 2.35. The van der Waals surface area contributed by atoms with Gasteiger partial charge in [0.25, 0.3) is 0 Å². The van der Waals surface area contributed by atoms with Gasteiger partial charge >= 0.3 is 12.3 Å². The molecule has 1 aliphatic carbocycles. The van der Waals surface area contributed by atoms with Gasteiger partial charge < -0.3 is 29.6 Å². The lowest BCUT2D eigenvalue weighted by molar-refractivity contribution is -0.137. The number of aryl methyl sites for hydroxylation is 2. The number of nitrogens with zero attached hydrogens (tertiary/aromatic N) is 3.